The molecule has 2 aromatic carbocycles. The summed E-state index contributed by atoms with van der Waals surface area (Å²) in [6.45, 7) is 5.56. The SMILES string of the molecule is COc1ccc(N2CC[NH+]([C@@H](C)C(=O)N3CC(=O)Nc4ccccc43)CC2)cc1. The largest absolute Gasteiger partial charge is 0.497 e. The molecule has 1 fully saturated rings. The lowest BCUT2D eigenvalue weighted by atomic mass is 10.1. The van der Waals surface area contributed by atoms with Crippen LogP contribution >= 0.6 is 0 Å². The van der Waals surface area contributed by atoms with Crippen LogP contribution in [0.2, 0.25) is 0 Å². The summed E-state index contributed by atoms with van der Waals surface area (Å²) in [4.78, 5) is 30.5. The van der Waals surface area contributed by atoms with E-state index in [9.17, 15) is 9.59 Å². The number of carbonyl (C=O) groups excluding carboxylic acids is 2. The predicted octanol–water partition coefficient (Wildman–Crippen LogP) is 0.774. The van der Waals surface area contributed by atoms with Crippen molar-refractivity contribution in [3.63, 3.8) is 0 Å². The lowest BCUT2D eigenvalue weighted by Gasteiger charge is -2.38. The van der Waals surface area contributed by atoms with E-state index < -0.39 is 0 Å². The Bertz CT molecular complexity index is 891. The lowest BCUT2D eigenvalue weighted by molar-refractivity contribution is -0.914. The highest BCUT2D eigenvalue weighted by atomic mass is 16.5. The van der Waals surface area contributed by atoms with Crippen molar-refractivity contribution in [2.75, 3.05) is 55.0 Å². The molecule has 0 bridgehead atoms. The third kappa shape index (κ3) is 3.91. The molecule has 4 rings (SSSR count). The molecule has 2 amide bonds. The molecule has 2 aliphatic heterocycles. The van der Waals surface area contributed by atoms with Gasteiger partial charge in [-0.3, -0.25) is 14.5 Å². The first kappa shape index (κ1) is 19.3. The van der Waals surface area contributed by atoms with Gasteiger partial charge in [-0.05, 0) is 43.3 Å². The molecular formula is C22H27N4O3+. The number of benzene rings is 2. The Morgan fingerprint density at radius 2 is 1.79 bits per heavy atom. The Kier molecular flexibility index (Phi) is 5.40. The second kappa shape index (κ2) is 8.13. The number of quaternary nitrogens is 1. The molecule has 2 N–H and O–H groups in total. The molecule has 0 spiro atoms. The van der Waals surface area contributed by atoms with E-state index in [1.54, 1.807) is 12.0 Å². The summed E-state index contributed by atoms with van der Waals surface area (Å²) >= 11 is 0. The number of methoxy groups -OCH3 is 1. The molecule has 7 heteroatoms. The zero-order chi connectivity index (χ0) is 20.4. The second-order valence-corrected chi connectivity index (χ2v) is 7.55. The molecule has 0 unspecified atom stereocenters. The highest BCUT2D eigenvalue weighted by Gasteiger charge is 2.35. The number of para-hydroxylation sites is 2. The molecule has 0 aliphatic carbocycles. The van der Waals surface area contributed by atoms with Crippen LogP contribution in [0.5, 0.6) is 5.75 Å². The zero-order valence-electron chi connectivity index (χ0n) is 16.9. The molecule has 0 radical (unpaired) electrons. The van der Waals surface area contributed by atoms with Crippen LogP contribution in [0.4, 0.5) is 17.1 Å². The number of amides is 2. The van der Waals surface area contributed by atoms with Gasteiger partial charge >= 0.3 is 0 Å². The minimum absolute atomic E-state index is 0.000183. The van der Waals surface area contributed by atoms with Crippen molar-refractivity contribution in [3.05, 3.63) is 48.5 Å². The van der Waals surface area contributed by atoms with E-state index in [0.717, 1.165) is 37.6 Å². The Morgan fingerprint density at radius 3 is 2.48 bits per heavy atom. The molecule has 1 atom stereocenters. The topological polar surface area (TPSA) is 66.3 Å². The van der Waals surface area contributed by atoms with E-state index in [0.29, 0.717) is 5.69 Å². The maximum atomic E-state index is 13.2. The van der Waals surface area contributed by atoms with Gasteiger partial charge in [0, 0.05) is 5.69 Å². The van der Waals surface area contributed by atoms with Crippen molar-refractivity contribution in [1.82, 2.24) is 0 Å². The summed E-state index contributed by atoms with van der Waals surface area (Å²) in [5.74, 6) is 0.701. The van der Waals surface area contributed by atoms with Gasteiger partial charge in [0.15, 0.2) is 6.04 Å². The van der Waals surface area contributed by atoms with E-state index in [4.69, 9.17) is 4.74 Å². The highest BCUT2D eigenvalue weighted by molar-refractivity contribution is 6.10. The first-order chi connectivity index (χ1) is 14.1. The summed E-state index contributed by atoms with van der Waals surface area (Å²) in [6, 6.07) is 15.4. The normalized spacial score (nSPS) is 18.1. The number of carbonyl (C=O) groups is 2. The average Bonchev–Trinajstić information content (AvgIpc) is 2.77. The van der Waals surface area contributed by atoms with Crippen molar-refractivity contribution < 1.29 is 19.2 Å². The molecule has 2 heterocycles. The van der Waals surface area contributed by atoms with Gasteiger partial charge < -0.3 is 19.9 Å². The van der Waals surface area contributed by atoms with Crippen LogP contribution in [0.1, 0.15) is 6.92 Å². The summed E-state index contributed by atoms with van der Waals surface area (Å²) in [5, 5.41) is 2.84. The van der Waals surface area contributed by atoms with E-state index in [-0.39, 0.29) is 24.4 Å². The Labute approximate surface area is 170 Å². The number of anilines is 3. The van der Waals surface area contributed by atoms with Crippen LogP contribution in [0, 0.1) is 0 Å². The minimum atomic E-state index is -0.202. The standard InChI is InChI=1S/C22H26N4O3/c1-16(22(28)26-15-21(27)23-19-5-3-4-6-20(19)26)24-11-13-25(14-12-24)17-7-9-18(29-2)10-8-17/h3-10,16H,11-15H2,1-2H3,(H,23,27)/p+1/t16-/m0/s1. The second-order valence-electron chi connectivity index (χ2n) is 7.55. The van der Waals surface area contributed by atoms with E-state index in [1.165, 1.54) is 10.6 Å². The van der Waals surface area contributed by atoms with Gasteiger partial charge in [0.2, 0.25) is 5.91 Å². The maximum absolute atomic E-state index is 13.2. The first-order valence-electron chi connectivity index (χ1n) is 10.0. The fourth-order valence-corrected chi connectivity index (χ4v) is 4.12. The van der Waals surface area contributed by atoms with Gasteiger partial charge in [0.25, 0.3) is 5.91 Å². The van der Waals surface area contributed by atoms with Gasteiger partial charge in [-0.2, -0.15) is 0 Å². The van der Waals surface area contributed by atoms with Gasteiger partial charge in [0.1, 0.15) is 12.3 Å². The summed E-state index contributed by atoms with van der Waals surface area (Å²) in [7, 11) is 1.67. The molecule has 29 heavy (non-hydrogen) atoms. The highest BCUT2D eigenvalue weighted by Crippen LogP contribution is 2.29. The molecule has 2 aliphatic rings. The number of hydrogen-bond acceptors (Lipinski definition) is 4. The minimum Gasteiger partial charge on any atom is -0.497 e. The fourth-order valence-electron chi connectivity index (χ4n) is 4.12. The molecule has 7 nitrogen and oxygen atoms in total. The number of fused-ring (bicyclic) bond motifs is 1. The van der Waals surface area contributed by atoms with E-state index >= 15 is 0 Å². The van der Waals surface area contributed by atoms with Crippen molar-refractivity contribution in [2.45, 2.75) is 13.0 Å². The number of rotatable bonds is 4. The van der Waals surface area contributed by atoms with Gasteiger partial charge in [0.05, 0.1) is 44.7 Å². The number of nitrogens with one attached hydrogen (secondary N) is 2. The van der Waals surface area contributed by atoms with Crippen molar-refractivity contribution in [1.29, 1.82) is 0 Å². The Balaban J connectivity index is 1.41. The third-order valence-corrected chi connectivity index (χ3v) is 5.86. The number of nitrogens with zero attached hydrogens (tertiary/aromatic N) is 2. The predicted molar refractivity (Wildman–Crippen MR) is 113 cm³/mol. The van der Waals surface area contributed by atoms with Crippen LogP contribution in [0.25, 0.3) is 0 Å². The van der Waals surface area contributed by atoms with Gasteiger partial charge in [-0.15, -0.1) is 0 Å². The van der Waals surface area contributed by atoms with Crippen molar-refractivity contribution >= 4 is 28.9 Å². The smallest absolute Gasteiger partial charge is 0.285 e. The molecule has 0 saturated carbocycles. The fraction of sp³-hybridized carbons (Fsp3) is 0.364. The molecule has 2 aromatic rings. The number of hydrogen-bond donors (Lipinski definition) is 2. The summed E-state index contributed by atoms with van der Waals surface area (Å²) in [5.41, 5.74) is 2.65. The maximum Gasteiger partial charge on any atom is 0.285 e. The number of ether oxygens (including phenoxy) is 1. The Morgan fingerprint density at radius 1 is 1.10 bits per heavy atom. The molecule has 152 valence electrons. The monoisotopic (exact) mass is 395 g/mol. The number of piperazine rings is 1. The third-order valence-electron chi connectivity index (χ3n) is 5.86. The van der Waals surface area contributed by atoms with E-state index in [2.05, 4.69) is 22.3 Å². The van der Waals surface area contributed by atoms with Crippen LogP contribution < -0.4 is 24.8 Å². The van der Waals surface area contributed by atoms with Gasteiger partial charge in [-0.1, -0.05) is 12.1 Å². The van der Waals surface area contributed by atoms with Crippen LogP contribution in [0.3, 0.4) is 0 Å². The first-order valence-corrected chi connectivity index (χ1v) is 10.0. The van der Waals surface area contributed by atoms with Crippen molar-refractivity contribution in [2.24, 2.45) is 0 Å². The zero-order valence-corrected chi connectivity index (χ0v) is 16.9. The van der Waals surface area contributed by atoms with E-state index in [1.807, 2.05) is 43.3 Å². The lowest BCUT2D eigenvalue weighted by Crippen LogP contribution is -3.19. The molecule has 0 aromatic heterocycles. The molecular weight excluding hydrogens is 368 g/mol. The Hall–Kier alpha value is -3.06. The van der Waals surface area contributed by atoms with Crippen LogP contribution in [0.15, 0.2) is 48.5 Å². The van der Waals surface area contributed by atoms with Crippen molar-refractivity contribution in [3.8, 4) is 5.75 Å². The van der Waals surface area contributed by atoms with Gasteiger partial charge in [-0.25, -0.2) is 0 Å². The quantitative estimate of drug-likeness (QED) is 0.803. The molecule has 1 saturated heterocycles. The summed E-state index contributed by atoms with van der Waals surface area (Å²) < 4.78 is 5.23. The van der Waals surface area contributed by atoms with Crippen LogP contribution in [-0.4, -0.2) is 57.7 Å². The van der Waals surface area contributed by atoms with Crippen LogP contribution in [-0.2, 0) is 9.59 Å². The summed E-state index contributed by atoms with van der Waals surface area (Å²) in [6.07, 6.45) is 0. The average molecular weight is 395 g/mol.